The fraction of sp³-hybridized carbons (Fsp3) is 0.529. The van der Waals surface area contributed by atoms with Gasteiger partial charge in [0.1, 0.15) is 5.60 Å². The number of rotatable bonds is 6. The number of carbonyl (C=O) groups excluding carboxylic acids is 2. The first-order valence-corrected chi connectivity index (χ1v) is 8.16. The van der Waals surface area contributed by atoms with Crippen LogP contribution < -0.4 is 0 Å². The van der Waals surface area contributed by atoms with Crippen molar-refractivity contribution in [3.8, 4) is 0 Å². The molecule has 21 heavy (non-hydrogen) atoms. The van der Waals surface area contributed by atoms with E-state index in [9.17, 15) is 9.59 Å². The van der Waals surface area contributed by atoms with Gasteiger partial charge >= 0.3 is 5.97 Å². The lowest BCUT2D eigenvalue weighted by molar-refractivity contribution is -0.159. The van der Waals surface area contributed by atoms with Gasteiger partial charge < -0.3 is 4.74 Å². The molecule has 0 aliphatic heterocycles. The lowest BCUT2D eigenvalue weighted by Crippen LogP contribution is -2.30. The van der Waals surface area contributed by atoms with Gasteiger partial charge in [-0.25, -0.2) is 0 Å². The topological polar surface area (TPSA) is 43.4 Å². The molecule has 0 saturated heterocycles. The molecule has 0 aromatic heterocycles. The summed E-state index contributed by atoms with van der Waals surface area (Å²) < 4.78 is 5.46. The smallest absolute Gasteiger partial charge is 0.310 e. The quantitative estimate of drug-likeness (QED) is 0.749. The lowest BCUT2D eigenvalue weighted by atomic mass is 10.0. The second-order valence-corrected chi connectivity index (χ2v) is 7.25. The summed E-state index contributed by atoms with van der Waals surface area (Å²) in [5, 5.41) is 0.0308. The molecule has 1 rings (SSSR count). The van der Waals surface area contributed by atoms with Crippen molar-refractivity contribution in [2.45, 2.75) is 46.1 Å². The Morgan fingerprint density at radius 3 is 2.33 bits per heavy atom. The first kappa shape index (κ1) is 17.8. The van der Waals surface area contributed by atoms with E-state index >= 15 is 0 Å². The highest BCUT2D eigenvalue weighted by Gasteiger charge is 2.25. The van der Waals surface area contributed by atoms with E-state index in [1.54, 1.807) is 0 Å². The predicted octanol–water partition coefficient (Wildman–Crippen LogP) is 3.86. The lowest BCUT2D eigenvalue weighted by Gasteiger charge is -2.23. The zero-order valence-electron chi connectivity index (χ0n) is 13.2. The molecule has 0 fully saturated rings. The third-order valence-corrected chi connectivity index (χ3v) is 3.83. The second kappa shape index (κ2) is 8.23. The average molecular weight is 308 g/mol. The van der Waals surface area contributed by atoms with Gasteiger partial charge in [0.05, 0.1) is 5.92 Å². The van der Waals surface area contributed by atoms with E-state index in [1.807, 2.05) is 51.1 Å². The van der Waals surface area contributed by atoms with E-state index in [0.29, 0.717) is 12.2 Å². The number of esters is 1. The Hall–Kier alpha value is -1.29. The Labute approximate surface area is 131 Å². The molecule has 1 aromatic rings. The summed E-state index contributed by atoms with van der Waals surface area (Å²) in [5.74, 6) is 0.0161. The number of hydrogen-bond donors (Lipinski definition) is 0. The van der Waals surface area contributed by atoms with E-state index in [0.717, 1.165) is 6.42 Å². The van der Waals surface area contributed by atoms with Crippen molar-refractivity contribution in [2.75, 3.05) is 5.75 Å². The van der Waals surface area contributed by atoms with Crippen molar-refractivity contribution < 1.29 is 14.3 Å². The highest BCUT2D eigenvalue weighted by Crippen LogP contribution is 2.20. The van der Waals surface area contributed by atoms with Gasteiger partial charge in [-0.05, 0) is 39.2 Å². The number of benzene rings is 1. The molecule has 0 aliphatic rings. The van der Waals surface area contributed by atoms with Gasteiger partial charge in [0.15, 0.2) is 5.12 Å². The Morgan fingerprint density at radius 2 is 1.81 bits per heavy atom. The van der Waals surface area contributed by atoms with E-state index in [4.69, 9.17) is 4.74 Å². The summed E-state index contributed by atoms with van der Waals surface area (Å²) in [7, 11) is 0. The molecule has 0 saturated carbocycles. The number of aryl methyl sites for hydroxylation is 1. The third kappa shape index (κ3) is 7.90. The van der Waals surface area contributed by atoms with Crippen LogP contribution in [-0.4, -0.2) is 22.4 Å². The zero-order valence-corrected chi connectivity index (χ0v) is 14.0. The van der Waals surface area contributed by atoms with E-state index in [2.05, 4.69) is 0 Å². The molecule has 0 bridgehead atoms. The highest BCUT2D eigenvalue weighted by molar-refractivity contribution is 8.13. The molecular formula is C17H24O3S. The number of ether oxygens (including phenoxy) is 1. The summed E-state index contributed by atoms with van der Waals surface area (Å²) in [5.41, 5.74) is 0.696. The fourth-order valence-corrected chi connectivity index (χ4v) is 2.60. The number of hydrogen-bond acceptors (Lipinski definition) is 4. The van der Waals surface area contributed by atoms with Crippen LogP contribution in [0.5, 0.6) is 0 Å². The molecule has 0 radical (unpaired) electrons. The zero-order chi connectivity index (χ0) is 15.9. The van der Waals surface area contributed by atoms with Gasteiger partial charge in [-0.15, -0.1) is 0 Å². The monoisotopic (exact) mass is 308 g/mol. The first-order valence-electron chi connectivity index (χ1n) is 7.18. The fourth-order valence-electron chi connectivity index (χ4n) is 1.86. The van der Waals surface area contributed by atoms with E-state index in [-0.39, 0.29) is 17.0 Å². The van der Waals surface area contributed by atoms with Gasteiger partial charge in [0.2, 0.25) is 0 Å². The molecule has 116 valence electrons. The Bertz CT molecular complexity index is 463. The van der Waals surface area contributed by atoms with Gasteiger partial charge in [0, 0.05) is 12.7 Å². The summed E-state index contributed by atoms with van der Waals surface area (Å²) in [6.07, 6.45) is 1.50. The standard InChI is InChI=1S/C17H24O3S/c1-13(18)21-12-15(16(19)20-17(2,3)4)11-10-14-8-6-5-7-9-14/h5-9,15H,10-12H2,1-4H3/t15-/m1/s1. The van der Waals surface area contributed by atoms with Crippen molar-refractivity contribution in [2.24, 2.45) is 5.92 Å². The minimum Gasteiger partial charge on any atom is -0.460 e. The number of thioether (sulfide) groups is 1. The molecule has 4 heteroatoms. The number of carbonyl (C=O) groups is 2. The molecule has 0 amide bonds. The SMILES string of the molecule is CC(=O)SC[C@@H](CCc1ccccc1)C(=O)OC(C)(C)C. The largest absolute Gasteiger partial charge is 0.460 e. The van der Waals surface area contributed by atoms with Gasteiger partial charge in [-0.3, -0.25) is 9.59 Å². The van der Waals surface area contributed by atoms with Crippen LogP contribution in [0.2, 0.25) is 0 Å². The van der Waals surface area contributed by atoms with Gasteiger partial charge in [0.25, 0.3) is 0 Å². The molecule has 0 unspecified atom stereocenters. The van der Waals surface area contributed by atoms with Crippen LogP contribution in [0, 0.1) is 5.92 Å². The molecule has 0 spiro atoms. The maximum atomic E-state index is 12.2. The minimum atomic E-state index is -0.497. The van der Waals surface area contributed by atoms with Crippen molar-refractivity contribution in [1.29, 1.82) is 0 Å². The summed E-state index contributed by atoms with van der Waals surface area (Å²) >= 11 is 1.19. The van der Waals surface area contributed by atoms with E-state index in [1.165, 1.54) is 24.2 Å². The van der Waals surface area contributed by atoms with Crippen LogP contribution >= 0.6 is 11.8 Å². The van der Waals surface area contributed by atoms with Crippen molar-refractivity contribution in [3.63, 3.8) is 0 Å². The van der Waals surface area contributed by atoms with Crippen molar-refractivity contribution in [1.82, 2.24) is 0 Å². The van der Waals surface area contributed by atoms with Crippen LogP contribution in [0.25, 0.3) is 0 Å². The Morgan fingerprint density at radius 1 is 1.19 bits per heavy atom. The summed E-state index contributed by atoms with van der Waals surface area (Å²) in [4.78, 5) is 23.4. The summed E-state index contributed by atoms with van der Waals surface area (Å²) in [6, 6.07) is 10.0. The Kier molecular flexibility index (Phi) is 6.96. The van der Waals surface area contributed by atoms with Crippen molar-refractivity contribution >= 4 is 22.8 Å². The summed E-state index contributed by atoms with van der Waals surface area (Å²) in [6.45, 7) is 7.10. The average Bonchev–Trinajstić information content (AvgIpc) is 2.37. The predicted molar refractivity (Wildman–Crippen MR) is 87.2 cm³/mol. The molecule has 1 atom stereocenters. The second-order valence-electron chi connectivity index (χ2n) is 6.06. The maximum absolute atomic E-state index is 12.2. The van der Waals surface area contributed by atoms with Crippen LogP contribution in [0.4, 0.5) is 0 Å². The normalized spacial score (nSPS) is 12.8. The van der Waals surface area contributed by atoms with Crippen LogP contribution in [0.1, 0.15) is 39.7 Å². The molecule has 0 heterocycles. The molecule has 1 aromatic carbocycles. The highest BCUT2D eigenvalue weighted by atomic mass is 32.2. The van der Waals surface area contributed by atoms with Crippen molar-refractivity contribution in [3.05, 3.63) is 35.9 Å². The molecule has 0 N–H and O–H groups in total. The molecular weight excluding hydrogens is 284 g/mol. The maximum Gasteiger partial charge on any atom is 0.310 e. The minimum absolute atomic E-state index is 0.0308. The van der Waals surface area contributed by atoms with Gasteiger partial charge in [-0.1, -0.05) is 42.1 Å². The third-order valence-electron chi connectivity index (χ3n) is 2.85. The molecule has 3 nitrogen and oxygen atoms in total. The first-order chi connectivity index (χ1) is 9.78. The van der Waals surface area contributed by atoms with E-state index < -0.39 is 5.60 Å². The van der Waals surface area contributed by atoms with Crippen LogP contribution in [0.3, 0.4) is 0 Å². The Balaban J connectivity index is 2.63. The van der Waals surface area contributed by atoms with Crippen LogP contribution in [-0.2, 0) is 20.7 Å². The van der Waals surface area contributed by atoms with Crippen LogP contribution in [0.15, 0.2) is 30.3 Å². The van der Waals surface area contributed by atoms with Gasteiger partial charge in [-0.2, -0.15) is 0 Å². The molecule has 0 aliphatic carbocycles.